The molecule has 0 aromatic carbocycles. The second-order valence-electron chi connectivity index (χ2n) is 4.07. The first kappa shape index (κ1) is 9.96. The van der Waals surface area contributed by atoms with E-state index < -0.39 is 5.97 Å². The summed E-state index contributed by atoms with van der Waals surface area (Å²) < 4.78 is 1.68. The maximum absolute atomic E-state index is 11.1. The largest absolute Gasteiger partial charge is 0.477 e. The van der Waals surface area contributed by atoms with Crippen LogP contribution in [0, 0.1) is 5.92 Å². The molecule has 0 aliphatic heterocycles. The highest BCUT2D eigenvalue weighted by atomic mass is 16.4. The molecule has 0 radical (unpaired) electrons. The molecular weight excluding hydrogens is 194 g/mol. The first-order valence-electron chi connectivity index (χ1n) is 5.02. The van der Waals surface area contributed by atoms with Gasteiger partial charge in [0.15, 0.2) is 5.78 Å². The molecule has 1 N–H and O–H groups in total. The molecule has 1 saturated carbocycles. The topological polar surface area (TPSA) is 59.3 Å². The van der Waals surface area contributed by atoms with Gasteiger partial charge in [-0.15, -0.1) is 0 Å². The van der Waals surface area contributed by atoms with E-state index in [0.717, 1.165) is 19.4 Å². The van der Waals surface area contributed by atoms with Gasteiger partial charge in [0, 0.05) is 18.3 Å². The molecule has 0 spiro atoms. The highest BCUT2D eigenvalue weighted by Gasteiger charge is 2.24. The summed E-state index contributed by atoms with van der Waals surface area (Å²) in [5.41, 5.74) is 0.695. The maximum atomic E-state index is 11.1. The summed E-state index contributed by atoms with van der Waals surface area (Å²) in [6.45, 7) is 2.16. The predicted molar refractivity (Wildman–Crippen MR) is 54.1 cm³/mol. The smallest absolute Gasteiger partial charge is 0.352 e. The Morgan fingerprint density at radius 3 is 2.67 bits per heavy atom. The lowest BCUT2D eigenvalue weighted by Gasteiger charge is -2.03. The van der Waals surface area contributed by atoms with Crippen molar-refractivity contribution in [1.82, 2.24) is 4.57 Å². The van der Waals surface area contributed by atoms with Gasteiger partial charge in [-0.05, 0) is 31.7 Å². The third kappa shape index (κ3) is 2.09. The quantitative estimate of drug-likeness (QED) is 0.766. The number of carboxylic acids is 1. The molecule has 0 saturated heterocycles. The van der Waals surface area contributed by atoms with Gasteiger partial charge in [0.25, 0.3) is 0 Å². The SMILES string of the molecule is CC(=O)c1cc(C(=O)O)n(CC2CC2)c1. The molecule has 0 unspecified atom stereocenters. The van der Waals surface area contributed by atoms with Crippen LogP contribution in [0.2, 0.25) is 0 Å². The van der Waals surface area contributed by atoms with Crippen LogP contribution in [0.1, 0.15) is 40.6 Å². The number of carbonyl (C=O) groups is 2. The number of aromatic nitrogens is 1. The fourth-order valence-corrected chi connectivity index (χ4v) is 1.61. The molecule has 4 nitrogen and oxygen atoms in total. The summed E-state index contributed by atoms with van der Waals surface area (Å²) in [6.07, 6.45) is 3.96. The number of nitrogens with zero attached hydrogens (tertiary/aromatic N) is 1. The summed E-state index contributed by atoms with van der Waals surface area (Å²) in [7, 11) is 0. The zero-order valence-electron chi connectivity index (χ0n) is 8.56. The molecule has 0 atom stereocenters. The number of hydrogen-bond acceptors (Lipinski definition) is 2. The number of Topliss-reactive ketones (excluding diaryl/α,β-unsaturated/α-hetero) is 1. The number of ketones is 1. The van der Waals surface area contributed by atoms with Gasteiger partial charge in [-0.25, -0.2) is 4.79 Å². The highest BCUT2D eigenvalue weighted by molar-refractivity contribution is 5.97. The average molecular weight is 207 g/mol. The molecule has 1 aliphatic rings. The molecular formula is C11H13NO3. The number of rotatable bonds is 4. The van der Waals surface area contributed by atoms with Crippen LogP contribution in [0.3, 0.4) is 0 Å². The van der Waals surface area contributed by atoms with E-state index in [0.29, 0.717) is 11.5 Å². The van der Waals surface area contributed by atoms with Crippen LogP contribution in [-0.4, -0.2) is 21.4 Å². The van der Waals surface area contributed by atoms with Gasteiger partial charge in [-0.1, -0.05) is 0 Å². The van der Waals surface area contributed by atoms with Crippen molar-refractivity contribution >= 4 is 11.8 Å². The molecule has 80 valence electrons. The number of hydrogen-bond donors (Lipinski definition) is 1. The van der Waals surface area contributed by atoms with Gasteiger partial charge in [0.05, 0.1) is 0 Å². The minimum atomic E-state index is -0.969. The van der Waals surface area contributed by atoms with Crippen molar-refractivity contribution in [2.24, 2.45) is 5.92 Å². The lowest BCUT2D eigenvalue weighted by molar-refractivity contribution is 0.0684. The fraction of sp³-hybridized carbons (Fsp3) is 0.455. The molecule has 1 aromatic heterocycles. The molecule has 1 fully saturated rings. The minimum Gasteiger partial charge on any atom is -0.477 e. The normalized spacial score (nSPS) is 15.3. The van der Waals surface area contributed by atoms with E-state index in [9.17, 15) is 9.59 Å². The van der Waals surface area contributed by atoms with E-state index in [2.05, 4.69) is 0 Å². The molecule has 4 heteroatoms. The third-order valence-electron chi connectivity index (χ3n) is 2.67. The van der Waals surface area contributed by atoms with E-state index in [-0.39, 0.29) is 11.5 Å². The Morgan fingerprint density at radius 1 is 1.53 bits per heavy atom. The number of aromatic carboxylic acids is 1. The zero-order chi connectivity index (χ0) is 11.0. The van der Waals surface area contributed by atoms with Crippen LogP contribution in [-0.2, 0) is 6.54 Å². The van der Waals surface area contributed by atoms with E-state index >= 15 is 0 Å². The van der Waals surface area contributed by atoms with Crippen molar-refractivity contribution in [1.29, 1.82) is 0 Å². The Bertz CT molecular complexity index is 415. The average Bonchev–Trinajstić information content (AvgIpc) is 2.82. The van der Waals surface area contributed by atoms with Crippen molar-refractivity contribution < 1.29 is 14.7 Å². The van der Waals surface area contributed by atoms with Gasteiger partial charge < -0.3 is 9.67 Å². The van der Waals surface area contributed by atoms with Crippen molar-refractivity contribution in [2.45, 2.75) is 26.3 Å². The van der Waals surface area contributed by atoms with E-state index in [1.54, 1.807) is 10.8 Å². The van der Waals surface area contributed by atoms with Crippen LogP contribution in [0.15, 0.2) is 12.3 Å². The predicted octanol–water partition coefficient (Wildman–Crippen LogP) is 1.80. The van der Waals surface area contributed by atoms with Crippen LogP contribution < -0.4 is 0 Å². The third-order valence-corrected chi connectivity index (χ3v) is 2.67. The molecule has 1 aliphatic carbocycles. The van der Waals surface area contributed by atoms with Gasteiger partial charge in [0.1, 0.15) is 5.69 Å². The van der Waals surface area contributed by atoms with E-state index in [1.165, 1.54) is 13.0 Å². The van der Waals surface area contributed by atoms with Gasteiger partial charge in [0.2, 0.25) is 0 Å². The molecule has 15 heavy (non-hydrogen) atoms. The van der Waals surface area contributed by atoms with Crippen molar-refractivity contribution in [3.8, 4) is 0 Å². The summed E-state index contributed by atoms with van der Waals surface area (Å²) in [4.78, 5) is 22.1. The second kappa shape index (κ2) is 3.53. The minimum absolute atomic E-state index is 0.0907. The molecule has 2 rings (SSSR count). The molecule has 1 aromatic rings. The first-order chi connectivity index (χ1) is 7.08. The lowest BCUT2D eigenvalue weighted by atomic mass is 10.2. The van der Waals surface area contributed by atoms with E-state index in [4.69, 9.17) is 5.11 Å². The monoisotopic (exact) mass is 207 g/mol. The van der Waals surface area contributed by atoms with Gasteiger partial charge in [-0.2, -0.15) is 0 Å². The maximum Gasteiger partial charge on any atom is 0.352 e. The van der Waals surface area contributed by atoms with Crippen LogP contribution >= 0.6 is 0 Å². The Kier molecular flexibility index (Phi) is 2.34. The van der Waals surface area contributed by atoms with Gasteiger partial charge >= 0.3 is 5.97 Å². The molecule has 0 amide bonds. The van der Waals surface area contributed by atoms with Gasteiger partial charge in [-0.3, -0.25) is 4.79 Å². The molecule has 0 bridgehead atoms. The molecule has 1 heterocycles. The van der Waals surface area contributed by atoms with Crippen molar-refractivity contribution in [3.05, 3.63) is 23.5 Å². The summed E-state index contributed by atoms with van der Waals surface area (Å²) in [5.74, 6) is -0.467. The Balaban J connectivity index is 2.31. The summed E-state index contributed by atoms with van der Waals surface area (Å²) in [5, 5.41) is 8.96. The number of carboxylic acid groups (broad SMARTS) is 1. The Morgan fingerprint density at radius 2 is 2.20 bits per heavy atom. The van der Waals surface area contributed by atoms with Crippen molar-refractivity contribution in [3.63, 3.8) is 0 Å². The fourth-order valence-electron chi connectivity index (χ4n) is 1.61. The Labute approximate surface area is 87.5 Å². The highest BCUT2D eigenvalue weighted by Crippen LogP contribution is 2.31. The van der Waals surface area contributed by atoms with Crippen LogP contribution in [0.4, 0.5) is 0 Å². The zero-order valence-corrected chi connectivity index (χ0v) is 8.56. The standard InChI is InChI=1S/C11H13NO3/c1-7(13)9-4-10(11(14)15)12(6-9)5-8-2-3-8/h4,6,8H,2-3,5H2,1H3,(H,14,15). The lowest BCUT2D eigenvalue weighted by Crippen LogP contribution is -2.08. The number of carbonyl (C=O) groups excluding carboxylic acids is 1. The summed E-state index contributed by atoms with van der Waals surface area (Å²) in [6, 6.07) is 1.45. The van der Waals surface area contributed by atoms with Crippen LogP contribution in [0.25, 0.3) is 0 Å². The van der Waals surface area contributed by atoms with Crippen LogP contribution in [0.5, 0.6) is 0 Å². The van der Waals surface area contributed by atoms with E-state index in [1.807, 2.05) is 0 Å². The Hall–Kier alpha value is -1.58. The first-order valence-corrected chi connectivity index (χ1v) is 5.02. The summed E-state index contributed by atoms with van der Waals surface area (Å²) >= 11 is 0. The van der Waals surface area contributed by atoms with Crippen molar-refractivity contribution in [2.75, 3.05) is 0 Å². The second-order valence-corrected chi connectivity index (χ2v) is 4.07.